The van der Waals surface area contributed by atoms with Gasteiger partial charge in [0.05, 0.1) is 22.7 Å². The molecule has 1 aromatic heterocycles. The van der Waals surface area contributed by atoms with Gasteiger partial charge in [-0.15, -0.1) is 0 Å². The fraction of sp³-hybridized carbons (Fsp3) is 0.286. The summed E-state index contributed by atoms with van der Waals surface area (Å²) < 4.78 is 14.3. The molecule has 3 N–H and O–H groups in total. The molecule has 1 unspecified atom stereocenters. The molecule has 1 saturated heterocycles. The average Bonchev–Trinajstić information content (AvgIpc) is 3.11. The summed E-state index contributed by atoms with van der Waals surface area (Å²) in [7, 11) is 2.12. The Kier molecular flexibility index (Phi) is 4.09. The number of amides is 1. The largest absolute Gasteiger partial charge is 0.400 e. The van der Waals surface area contributed by atoms with Crippen LogP contribution >= 0.6 is 0 Å². The highest BCUT2D eigenvalue weighted by atomic mass is 19.1. The summed E-state index contributed by atoms with van der Waals surface area (Å²) in [6.45, 7) is 3.94. The van der Waals surface area contributed by atoms with Gasteiger partial charge in [0.15, 0.2) is 0 Å². The quantitative estimate of drug-likeness (QED) is 0.816. The molecular weight excluding hydrogens is 371 g/mol. The normalized spacial score (nSPS) is 22.8. The number of hydrogen-bond donors (Lipinski definition) is 2. The fourth-order valence-corrected chi connectivity index (χ4v) is 4.04. The lowest BCUT2D eigenvalue weighted by molar-refractivity contribution is -0.112. The number of carbonyl (C=O) groups is 1. The Morgan fingerprint density at radius 3 is 2.83 bits per heavy atom. The summed E-state index contributed by atoms with van der Waals surface area (Å²) in [6.07, 6.45) is 4.47. The lowest BCUT2D eigenvalue weighted by Crippen LogP contribution is -2.44. The van der Waals surface area contributed by atoms with Crippen LogP contribution < -0.4 is 10.6 Å². The molecular formula is C21H21FN6O. The standard InChI is InChI=1S/C21H21FN6O/c1-27-7-9-28(10-8-27)12-5-6-14-16(11-12)25-20(24-14)18-19(23)17-13(22)3-2-4-15(17)26-21(18)29/h2-6,11,17H,7-10,23H2,1H3,(H,24,25). The second-order valence-corrected chi connectivity index (χ2v) is 7.59. The Morgan fingerprint density at radius 1 is 1.24 bits per heavy atom. The Balaban J connectivity index is 1.52. The first-order valence-corrected chi connectivity index (χ1v) is 9.61. The van der Waals surface area contributed by atoms with E-state index in [2.05, 4.69) is 31.8 Å². The number of hydrogen-bond acceptors (Lipinski definition) is 5. The molecule has 148 valence electrons. The second-order valence-electron chi connectivity index (χ2n) is 7.59. The van der Waals surface area contributed by atoms with Gasteiger partial charge in [-0.25, -0.2) is 14.4 Å². The molecule has 1 amide bonds. The highest BCUT2D eigenvalue weighted by molar-refractivity contribution is 6.28. The van der Waals surface area contributed by atoms with Crippen LogP contribution in [0.1, 0.15) is 5.82 Å². The number of dihydropyridines is 1. The van der Waals surface area contributed by atoms with E-state index in [1.807, 2.05) is 18.2 Å². The summed E-state index contributed by atoms with van der Waals surface area (Å²) in [6, 6.07) is 5.98. The Labute approximate surface area is 167 Å². The topological polar surface area (TPSA) is 90.6 Å². The summed E-state index contributed by atoms with van der Waals surface area (Å²) in [5.41, 5.74) is 9.44. The number of aliphatic imine (C=N–C) groups is 1. The minimum Gasteiger partial charge on any atom is -0.400 e. The molecule has 3 heterocycles. The number of H-pyrrole nitrogens is 1. The van der Waals surface area contributed by atoms with Crippen LogP contribution in [0.15, 0.2) is 52.9 Å². The van der Waals surface area contributed by atoms with Crippen molar-refractivity contribution in [1.29, 1.82) is 0 Å². The third-order valence-corrected chi connectivity index (χ3v) is 5.71. The van der Waals surface area contributed by atoms with Crippen molar-refractivity contribution < 1.29 is 9.18 Å². The number of rotatable bonds is 2. The van der Waals surface area contributed by atoms with Crippen LogP contribution in [0.3, 0.4) is 0 Å². The van der Waals surface area contributed by atoms with E-state index >= 15 is 0 Å². The van der Waals surface area contributed by atoms with Crippen LogP contribution in [0.25, 0.3) is 16.6 Å². The molecule has 7 nitrogen and oxygen atoms in total. The number of anilines is 1. The van der Waals surface area contributed by atoms with Gasteiger partial charge in [0, 0.05) is 37.6 Å². The highest BCUT2D eigenvalue weighted by Crippen LogP contribution is 2.34. The first-order valence-electron chi connectivity index (χ1n) is 9.61. The number of piperazine rings is 1. The van der Waals surface area contributed by atoms with Crippen molar-refractivity contribution in [3.63, 3.8) is 0 Å². The number of allylic oxidation sites excluding steroid dienone is 4. The van der Waals surface area contributed by atoms with E-state index in [-0.39, 0.29) is 11.3 Å². The Morgan fingerprint density at radius 2 is 2.03 bits per heavy atom. The number of nitrogens with two attached hydrogens (primary N) is 1. The molecule has 1 fully saturated rings. The van der Waals surface area contributed by atoms with Crippen LogP contribution in [0.4, 0.5) is 10.1 Å². The number of imidazole rings is 1. The Bertz CT molecular complexity index is 1130. The van der Waals surface area contributed by atoms with Crippen molar-refractivity contribution in [2.75, 3.05) is 38.1 Å². The van der Waals surface area contributed by atoms with E-state index in [1.54, 1.807) is 6.08 Å². The van der Waals surface area contributed by atoms with E-state index in [1.165, 1.54) is 12.2 Å². The third-order valence-electron chi connectivity index (χ3n) is 5.71. The zero-order valence-corrected chi connectivity index (χ0v) is 16.0. The summed E-state index contributed by atoms with van der Waals surface area (Å²) in [5, 5.41) is 0. The monoisotopic (exact) mass is 392 g/mol. The number of nitrogens with one attached hydrogen (secondary N) is 1. The predicted molar refractivity (Wildman–Crippen MR) is 111 cm³/mol. The highest BCUT2D eigenvalue weighted by Gasteiger charge is 2.35. The summed E-state index contributed by atoms with van der Waals surface area (Å²) in [4.78, 5) is 29.0. The maximum atomic E-state index is 14.3. The zero-order chi connectivity index (χ0) is 20.1. The van der Waals surface area contributed by atoms with E-state index in [9.17, 15) is 9.18 Å². The first kappa shape index (κ1) is 17.8. The lowest BCUT2D eigenvalue weighted by atomic mass is 9.88. The van der Waals surface area contributed by atoms with Gasteiger partial charge in [0.25, 0.3) is 5.91 Å². The number of carbonyl (C=O) groups excluding carboxylic acids is 1. The molecule has 1 aliphatic carbocycles. The minimum absolute atomic E-state index is 0.134. The molecule has 0 saturated carbocycles. The number of likely N-dealkylation sites (N-methyl/N-ethyl adjacent to an activating group) is 1. The first-order chi connectivity index (χ1) is 14.0. The molecule has 5 rings (SSSR count). The molecule has 1 aromatic carbocycles. The second kappa shape index (κ2) is 6.66. The predicted octanol–water partition coefficient (Wildman–Crippen LogP) is 2.01. The molecule has 2 aromatic rings. The van der Waals surface area contributed by atoms with E-state index in [4.69, 9.17) is 5.73 Å². The summed E-state index contributed by atoms with van der Waals surface area (Å²) in [5.74, 6) is -1.45. The number of nitrogens with zero attached hydrogens (tertiary/aromatic N) is 4. The van der Waals surface area contributed by atoms with Gasteiger partial charge in [-0.2, -0.15) is 0 Å². The van der Waals surface area contributed by atoms with Gasteiger partial charge < -0.3 is 20.5 Å². The summed E-state index contributed by atoms with van der Waals surface area (Å²) >= 11 is 0. The molecule has 3 aliphatic rings. The van der Waals surface area contributed by atoms with Crippen molar-refractivity contribution in [3.05, 3.63) is 53.8 Å². The van der Waals surface area contributed by atoms with E-state index < -0.39 is 17.7 Å². The molecule has 8 heteroatoms. The molecule has 2 aliphatic heterocycles. The molecule has 0 radical (unpaired) electrons. The molecule has 0 spiro atoms. The van der Waals surface area contributed by atoms with Crippen molar-refractivity contribution in [3.8, 4) is 0 Å². The van der Waals surface area contributed by atoms with Crippen LogP contribution in [0.5, 0.6) is 0 Å². The molecule has 0 bridgehead atoms. The smallest absolute Gasteiger partial charge is 0.282 e. The van der Waals surface area contributed by atoms with Crippen molar-refractivity contribution in [2.24, 2.45) is 16.6 Å². The number of halogens is 1. The number of benzene rings is 1. The van der Waals surface area contributed by atoms with Crippen LogP contribution in [-0.2, 0) is 4.79 Å². The van der Waals surface area contributed by atoms with Gasteiger partial charge in [-0.05, 0) is 37.4 Å². The van der Waals surface area contributed by atoms with Crippen molar-refractivity contribution in [1.82, 2.24) is 14.9 Å². The van der Waals surface area contributed by atoms with Gasteiger partial charge in [-0.3, -0.25) is 4.79 Å². The maximum Gasteiger partial charge on any atom is 0.282 e. The molecule has 29 heavy (non-hydrogen) atoms. The SMILES string of the molecule is CN1CCN(c2ccc3nc(C4=C(N)C5C(F)=CC=CC5=NC4=O)[nH]c3c2)CC1. The average molecular weight is 392 g/mol. The zero-order valence-electron chi connectivity index (χ0n) is 16.0. The Hall–Kier alpha value is -3.26. The number of fused-ring (bicyclic) bond motifs is 2. The minimum atomic E-state index is -0.832. The maximum absolute atomic E-state index is 14.3. The van der Waals surface area contributed by atoms with Crippen molar-refractivity contribution in [2.45, 2.75) is 0 Å². The van der Waals surface area contributed by atoms with Gasteiger partial charge in [0.1, 0.15) is 17.2 Å². The number of aromatic amines is 1. The van der Waals surface area contributed by atoms with Crippen molar-refractivity contribution >= 4 is 33.9 Å². The van der Waals surface area contributed by atoms with Crippen LogP contribution in [0, 0.1) is 5.92 Å². The molecule has 1 atom stereocenters. The van der Waals surface area contributed by atoms with E-state index in [0.29, 0.717) is 11.5 Å². The van der Waals surface area contributed by atoms with Gasteiger partial charge in [-0.1, -0.05) is 6.08 Å². The third kappa shape index (κ3) is 2.96. The van der Waals surface area contributed by atoms with E-state index in [0.717, 1.165) is 42.9 Å². The van der Waals surface area contributed by atoms with Crippen LogP contribution in [-0.4, -0.2) is 59.7 Å². The number of aromatic nitrogens is 2. The van der Waals surface area contributed by atoms with Gasteiger partial charge >= 0.3 is 0 Å². The van der Waals surface area contributed by atoms with Gasteiger partial charge in [0.2, 0.25) is 0 Å². The van der Waals surface area contributed by atoms with Crippen LogP contribution in [0.2, 0.25) is 0 Å². The fourth-order valence-electron chi connectivity index (χ4n) is 4.04. The lowest BCUT2D eigenvalue weighted by Gasteiger charge is -2.34.